The maximum Gasteiger partial charge on any atom is 0.472 e. The third-order valence-corrected chi connectivity index (χ3v) is 16.1. The molecule has 16 nitrogen and oxygen atoms in total. The standard InChI is InChI=1S/C71H124O16P2/c1-5-9-13-17-21-25-29-31-33-35-37-39-43-47-51-55-59-80-62-67(86-70(74)57-53-49-45-41-28-24-20-16-12-8-4)64-84-88(76,77)82-60-66(72)61-83-89(78,79)85-65-68(63-81-69(73)56-52-48-44-40-27-23-19-15-11-7-3)87-71(75)58-54-50-46-42-38-36-34-32-30-26-22-18-14-10-6-2/h7-8,11-12,19-20,23-26,29-30,33-36,66-68,72H,5-6,9-10,13-18,21-22,27-28,31-32,37-65H2,1-4H3,(H,76,77)(H,78,79). The molecule has 3 N–H and O–H groups in total. The summed E-state index contributed by atoms with van der Waals surface area (Å²) in [6, 6.07) is 0. The smallest absolute Gasteiger partial charge is 0.462 e. The molecule has 5 atom stereocenters. The monoisotopic (exact) mass is 1290 g/mol. The Labute approximate surface area is 540 Å². The van der Waals surface area contributed by atoms with E-state index in [1.165, 1.54) is 51.4 Å². The van der Waals surface area contributed by atoms with Gasteiger partial charge in [-0.3, -0.25) is 32.5 Å². The molecule has 0 aromatic rings. The third-order valence-electron chi connectivity index (χ3n) is 14.2. The number of phosphoric ester groups is 2. The van der Waals surface area contributed by atoms with Gasteiger partial charge in [-0.2, -0.15) is 0 Å². The molecule has 0 rings (SSSR count). The van der Waals surface area contributed by atoms with Crippen LogP contribution in [0.3, 0.4) is 0 Å². The van der Waals surface area contributed by atoms with Crippen LogP contribution in [0.2, 0.25) is 0 Å². The predicted octanol–water partition coefficient (Wildman–Crippen LogP) is 19.4. The highest BCUT2D eigenvalue weighted by Gasteiger charge is 2.30. The van der Waals surface area contributed by atoms with Gasteiger partial charge in [-0.05, 0) is 142 Å². The zero-order chi connectivity index (χ0) is 65.3. The van der Waals surface area contributed by atoms with Gasteiger partial charge in [-0.15, -0.1) is 0 Å². The van der Waals surface area contributed by atoms with Crippen molar-refractivity contribution in [1.82, 2.24) is 0 Å². The van der Waals surface area contributed by atoms with E-state index in [4.69, 9.17) is 37.0 Å². The van der Waals surface area contributed by atoms with Crippen molar-refractivity contribution in [3.63, 3.8) is 0 Å². The minimum absolute atomic E-state index is 0.0823. The summed E-state index contributed by atoms with van der Waals surface area (Å²) in [6.45, 7) is 5.36. The molecule has 0 bridgehead atoms. The van der Waals surface area contributed by atoms with Crippen molar-refractivity contribution in [2.75, 3.05) is 46.2 Å². The average molecular weight is 1300 g/mol. The zero-order valence-electron chi connectivity index (χ0n) is 55.8. The van der Waals surface area contributed by atoms with E-state index in [1.807, 2.05) is 26.0 Å². The summed E-state index contributed by atoms with van der Waals surface area (Å²) in [6.07, 6.45) is 66.2. The normalized spacial score (nSPS) is 14.8. The summed E-state index contributed by atoms with van der Waals surface area (Å²) in [5.74, 6) is -1.60. The van der Waals surface area contributed by atoms with E-state index in [0.29, 0.717) is 25.9 Å². The Kier molecular flexibility index (Phi) is 62.0. The Morgan fingerprint density at radius 3 is 1.03 bits per heavy atom. The number of phosphoric acid groups is 2. The lowest BCUT2D eigenvalue weighted by Crippen LogP contribution is -2.30. The first-order chi connectivity index (χ1) is 43.3. The van der Waals surface area contributed by atoms with Crippen LogP contribution >= 0.6 is 15.6 Å². The van der Waals surface area contributed by atoms with Crippen molar-refractivity contribution >= 4 is 33.6 Å². The number of hydrogen-bond donors (Lipinski definition) is 3. The fraction of sp³-hybridized carbons (Fsp3) is 0.732. The van der Waals surface area contributed by atoms with Crippen LogP contribution in [0.1, 0.15) is 272 Å². The lowest BCUT2D eigenvalue weighted by Gasteiger charge is -2.21. The first kappa shape index (κ1) is 85.5. The molecular formula is C71H124O16P2. The molecule has 0 aliphatic carbocycles. The molecular weight excluding hydrogens is 1170 g/mol. The van der Waals surface area contributed by atoms with Crippen molar-refractivity contribution in [3.05, 3.63) is 97.2 Å². The third kappa shape index (κ3) is 64.4. The molecule has 0 radical (unpaired) electrons. The second-order valence-corrected chi connectivity index (χ2v) is 25.7. The SMILES string of the molecule is CC=CCC=CCCCCCCC(=O)OCC(COP(=O)(O)OCC(O)COP(=O)(O)OCC(COCCCCCCCC=CCC=CCCCCCC)OC(=O)CCCCCCC=CCC=CC)OC(=O)CCCCCCC=CCC=CCCCCCC. The molecule has 514 valence electrons. The van der Waals surface area contributed by atoms with Gasteiger partial charge in [0.2, 0.25) is 0 Å². The van der Waals surface area contributed by atoms with Gasteiger partial charge in [0.1, 0.15) is 18.8 Å². The summed E-state index contributed by atoms with van der Waals surface area (Å²) >= 11 is 0. The first-order valence-electron chi connectivity index (χ1n) is 34.4. The highest BCUT2D eigenvalue weighted by molar-refractivity contribution is 7.47. The van der Waals surface area contributed by atoms with Gasteiger partial charge in [-0.25, -0.2) is 9.13 Å². The van der Waals surface area contributed by atoms with E-state index in [0.717, 1.165) is 154 Å². The topological polar surface area (TPSA) is 220 Å². The summed E-state index contributed by atoms with van der Waals surface area (Å²) in [4.78, 5) is 59.7. The Hall–Kier alpha value is -3.53. The van der Waals surface area contributed by atoms with Gasteiger partial charge in [0, 0.05) is 25.9 Å². The van der Waals surface area contributed by atoms with Crippen LogP contribution in [0, 0.1) is 0 Å². The number of esters is 3. The zero-order valence-corrected chi connectivity index (χ0v) is 57.6. The Morgan fingerprint density at radius 1 is 0.360 bits per heavy atom. The summed E-state index contributed by atoms with van der Waals surface area (Å²) in [5.41, 5.74) is 0. The highest BCUT2D eigenvalue weighted by Crippen LogP contribution is 2.45. The van der Waals surface area contributed by atoms with Crippen LogP contribution in [0.25, 0.3) is 0 Å². The number of hydrogen-bond acceptors (Lipinski definition) is 14. The number of carbonyl (C=O) groups is 3. The predicted molar refractivity (Wildman–Crippen MR) is 362 cm³/mol. The summed E-state index contributed by atoms with van der Waals surface area (Å²) in [5, 5.41) is 10.6. The van der Waals surface area contributed by atoms with Crippen LogP contribution in [-0.2, 0) is 60.6 Å². The van der Waals surface area contributed by atoms with Crippen LogP contribution < -0.4 is 0 Å². The largest absolute Gasteiger partial charge is 0.472 e. The first-order valence-corrected chi connectivity index (χ1v) is 37.4. The van der Waals surface area contributed by atoms with Gasteiger partial charge in [0.05, 0.1) is 33.0 Å². The van der Waals surface area contributed by atoms with E-state index in [2.05, 4.69) is 98.9 Å². The number of aliphatic hydroxyl groups excluding tert-OH is 1. The number of ether oxygens (including phenoxy) is 4. The highest BCUT2D eigenvalue weighted by atomic mass is 31.2. The Morgan fingerprint density at radius 2 is 0.663 bits per heavy atom. The fourth-order valence-electron chi connectivity index (χ4n) is 8.93. The van der Waals surface area contributed by atoms with Crippen molar-refractivity contribution < 1.29 is 75.4 Å². The fourth-order valence-corrected chi connectivity index (χ4v) is 10.5. The second-order valence-electron chi connectivity index (χ2n) is 22.8. The molecule has 0 amide bonds. The summed E-state index contributed by atoms with van der Waals surface area (Å²) in [7, 11) is -9.82. The number of carbonyl (C=O) groups excluding carboxylic acids is 3. The molecule has 0 aliphatic heterocycles. The molecule has 89 heavy (non-hydrogen) atoms. The van der Waals surface area contributed by atoms with Crippen molar-refractivity contribution in [1.29, 1.82) is 0 Å². The molecule has 5 unspecified atom stereocenters. The lowest BCUT2D eigenvalue weighted by molar-refractivity contribution is -0.161. The molecule has 0 spiro atoms. The van der Waals surface area contributed by atoms with Crippen LogP contribution in [0.15, 0.2) is 97.2 Å². The molecule has 0 saturated carbocycles. The van der Waals surface area contributed by atoms with Gasteiger partial charge < -0.3 is 33.8 Å². The van der Waals surface area contributed by atoms with Gasteiger partial charge in [0.15, 0.2) is 6.10 Å². The van der Waals surface area contributed by atoms with Crippen LogP contribution in [-0.4, -0.2) is 97.4 Å². The van der Waals surface area contributed by atoms with Gasteiger partial charge >= 0.3 is 33.6 Å². The van der Waals surface area contributed by atoms with Crippen LogP contribution in [0.5, 0.6) is 0 Å². The molecule has 0 aromatic heterocycles. The molecule has 0 aromatic carbocycles. The maximum absolute atomic E-state index is 13.0. The molecule has 0 fully saturated rings. The van der Waals surface area contributed by atoms with Gasteiger partial charge in [-0.1, -0.05) is 207 Å². The average Bonchev–Trinajstić information content (AvgIpc) is 3.72. The Bertz CT molecular complexity index is 2010. The second kappa shape index (κ2) is 64.6. The molecule has 0 heterocycles. The lowest BCUT2D eigenvalue weighted by atomic mass is 10.1. The number of rotatable bonds is 65. The van der Waals surface area contributed by atoms with Crippen molar-refractivity contribution in [2.45, 2.75) is 290 Å². The van der Waals surface area contributed by atoms with E-state index in [1.54, 1.807) is 0 Å². The minimum Gasteiger partial charge on any atom is -0.462 e. The summed E-state index contributed by atoms with van der Waals surface area (Å²) < 4.78 is 68.7. The maximum atomic E-state index is 13.0. The number of unbranched alkanes of at least 4 members (excludes halogenated alkanes) is 25. The minimum atomic E-state index is -4.94. The van der Waals surface area contributed by atoms with Crippen LogP contribution in [0.4, 0.5) is 0 Å². The molecule has 18 heteroatoms. The van der Waals surface area contributed by atoms with E-state index < -0.39 is 84.9 Å². The number of aliphatic hydroxyl groups is 1. The van der Waals surface area contributed by atoms with E-state index in [9.17, 15) is 38.4 Å². The van der Waals surface area contributed by atoms with E-state index >= 15 is 0 Å². The number of allylic oxidation sites excluding steroid dienone is 16. The molecule has 0 saturated heterocycles. The van der Waals surface area contributed by atoms with E-state index in [-0.39, 0.29) is 25.9 Å². The van der Waals surface area contributed by atoms with Crippen molar-refractivity contribution in [3.8, 4) is 0 Å². The Balaban J connectivity index is 5.25. The molecule has 0 aliphatic rings. The van der Waals surface area contributed by atoms with Gasteiger partial charge in [0.25, 0.3) is 0 Å². The quantitative estimate of drug-likeness (QED) is 0.0169. The van der Waals surface area contributed by atoms with Crippen molar-refractivity contribution in [2.24, 2.45) is 0 Å².